The normalized spacial score (nSPS) is 14.4. The number of methoxy groups -OCH3 is 1. The highest BCUT2D eigenvalue weighted by molar-refractivity contribution is 5.86. The van der Waals surface area contributed by atoms with Gasteiger partial charge in [0.25, 0.3) is 5.91 Å². The van der Waals surface area contributed by atoms with Crippen LogP contribution in [-0.4, -0.2) is 54.0 Å². The van der Waals surface area contributed by atoms with Gasteiger partial charge in [-0.25, -0.2) is 10.4 Å². The number of benzene rings is 1. The maximum absolute atomic E-state index is 12.0. The number of hydrogen-bond acceptors (Lipinski definition) is 8. The summed E-state index contributed by atoms with van der Waals surface area (Å²) in [7, 11) is 1.46. The first-order valence-corrected chi connectivity index (χ1v) is 9.98. The molecule has 0 saturated carbocycles. The van der Waals surface area contributed by atoms with Crippen molar-refractivity contribution in [1.82, 2.24) is 15.4 Å². The van der Waals surface area contributed by atoms with Crippen LogP contribution in [0.2, 0.25) is 0 Å². The van der Waals surface area contributed by atoms with Crippen LogP contribution in [-0.2, 0) is 4.79 Å². The van der Waals surface area contributed by atoms with Crippen molar-refractivity contribution in [3.05, 3.63) is 35.5 Å². The molecule has 1 aliphatic heterocycles. The molecule has 2 heterocycles. The Balaban J connectivity index is 1.55. The average molecular weight is 413 g/mol. The summed E-state index contributed by atoms with van der Waals surface area (Å²) in [5, 5.41) is 13.9. The van der Waals surface area contributed by atoms with E-state index in [-0.39, 0.29) is 12.4 Å². The molecule has 1 aromatic carbocycles. The average Bonchev–Trinajstić information content (AvgIpc) is 3.03. The highest BCUT2D eigenvalue weighted by Crippen LogP contribution is 2.27. The summed E-state index contributed by atoms with van der Waals surface area (Å²) in [6.07, 6.45) is 6.02. The molecule has 30 heavy (non-hydrogen) atoms. The predicted molar refractivity (Wildman–Crippen MR) is 113 cm³/mol. The Kier molecular flexibility index (Phi) is 7.42. The molecule has 1 aromatic heterocycles. The molecule has 9 nitrogen and oxygen atoms in total. The van der Waals surface area contributed by atoms with E-state index in [1.54, 1.807) is 24.3 Å². The fourth-order valence-corrected chi connectivity index (χ4v) is 3.16. The van der Waals surface area contributed by atoms with Crippen molar-refractivity contribution in [1.29, 1.82) is 0 Å². The van der Waals surface area contributed by atoms with Gasteiger partial charge >= 0.3 is 0 Å². The van der Waals surface area contributed by atoms with Gasteiger partial charge in [0.05, 0.1) is 13.3 Å². The third-order valence-corrected chi connectivity index (χ3v) is 4.70. The van der Waals surface area contributed by atoms with Gasteiger partial charge < -0.3 is 19.5 Å². The quantitative estimate of drug-likeness (QED) is 0.530. The van der Waals surface area contributed by atoms with Crippen LogP contribution >= 0.6 is 0 Å². The van der Waals surface area contributed by atoms with Crippen LogP contribution in [0.4, 0.5) is 5.95 Å². The van der Waals surface area contributed by atoms with Crippen LogP contribution in [0.1, 0.15) is 36.9 Å². The Hall–Kier alpha value is -3.36. The molecule has 0 spiro atoms. The Morgan fingerprint density at radius 2 is 2.03 bits per heavy atom. The fourth-order valence-electron chi connectivity index (χ4n) is 3.16. The minimum absolute atomic E-state index is 0.0493. The lowest BCUT2D eigenvalue weighted by atomic mass is 10.2. The summed E-state index contributed by atoms with van der Waals surface area (Å²) in [5.41, 5.74) is 3.57. The molecule has 0 atom stereocenters. The third kappa shape index (κ3) is 5.82. The number of phenols is 1. The van der Waals surface area contributed by atoms with Gasteiger partial charge in [-0.2, -0.15) is 10.1 Å². The summed E-state index contributed by atoms with van der Waals surface area (Å²) in [4.78, 5) is 23.2. The first-order valence-electron chi connectivity index (χ1n) is 9.98. The Morgan fingerprint density at radius 3 is 2.77 bits per heavy atom. The number of anilines is 1. The van der Waals surface area contributed by atoms with Crippen molar-refractivity contribution in [3.8, 4) is 17.4 Å². The summed E-state index contributed by atoms with van der Waals surface area (Å²) in [5.74, 6) is 0.825. The second kappa shape index (κ2) is 10.4. The maximum Gasteiger partial charge on any atom is 0.278 e. The standard InChI is InChI=1S/C21H27N5O4/c1-15-12-19(24-21(23-15)26-10-5-3-4-6-11-26)30-14-18(27)25-22-13-16-8-7-9-17(29-2)20(16)28/h7-9,12-13,28H,3-6,10-11,14H2,1-2H3,(H,25,27)/b22-13+. The van der Waals surface area contributed by atoms with Crippen molar-refractivity contribution in [2.45, 2.75) is 32.6 Å². The molecule has 2 N–H and O–H groups in total. The number of nitrogens with one attached hydrogen (secondary N) is 1. The lowest BCUT2D eigenvalue weighted by Crippen LogP contribution is -2.27. The van der Waals surface area contributed by atoms with Gasteiger partial charge in [0.1, 0.15) is 0 Å². The lowest BCUT2D eigenvalue weighted by molar-refractivity contribution is -0.123. The summed E-state index contributed by atoms with van der Waals surface area (Å²) < 4.78 is 10.6. The molecular weight excluding hydrogens is 386 g/mol. The van der Waals surface area contributed by atoms with E-state index in [9.17, 15) is 9.90 Å². The van der Waals surface area contributed by atoms with Gasteiger partial charge in [0.15, 0.2) is 18.1 Å². The molecule has 1 fully saturated rings. The number of carbonyl (C=O) groups is 1. The topological polar surface area (TPSA) is 109 Å². The fraction of sp³-hybridized carbons (Fsp3) is 0.429. The van der Waals surface area contributed by atoms with Gasteiger partial charge in [-0.05, 0) is 31.9 Å². The number of aromatic hydroxyl groups is 1. The second-order valence-electron chi connectivity index (χ2n) is 7.03. The number of ether oxygens (including phenoxy) is 2. The van der Waals surface area contributed by atoms with Crippen molar-refractivity contribution in [2.24, 2.45) is 5.10 Å². The Morgan fingerprint density at radius 1 is 1.27 bits per heavy atom. The van der Waals surface area contributed by atoms with Gasteiger partial charge in [-0.15, -0.1) is 0 Å². The molecule has 160 valence electrons. The van der Waals surface area contributed by atoms with E-state index >= 15 is 0 Å². The van der Waals surface area contributed by atoms with Crippen molar-refractivity contribution in [3.63, 3.8) is 0 Å². The molecule has 0 aliphatic carbocycles. The first-order chi connectivity index (χ1) is 14.6. The van der Waals surface area contributed by atoms with E-state index in [0.717, 1.165) is 31.6 Å². The van der Waals surface area contributed by atoms with Gasteiger partial charge in [0.2, 0.25) is 11.8 Å². The van der Waals surface area contributed by atoms with E-state index in [0.29, 0.717) is 23.1 Å². The largest absolute Gasteiger partial charge is 0.504 e. The lowest BCUT2D eigenvalue weighted by Gasteiger charge is -2.20. The molecule has 9 heteroatoms. The van der Waals surface area contributed by atoms with Gasteiger partial charge in [0, 0.05) is 30.4 Å². The number of aromatic nitrogens is 2. The van der Waals surface area contributed by atoms with Crippen LogP contribution < -0.4 is 19.8 Å². The smallest absolute Gasteiger partial charge is 0.278 e. The third-order valence-electron chi connectivity index (χ3n) is 4.70. The van der Waals surface area contributed by atoms with Crippen LogP contribution in [0, 0.1) is 6.92 Å². The predicted octanol–water partition coefficient (Wildman–Crippen LogP) is 2.41. The van der Waals surface area contributed by atoms with E-state index in [4.69, 9.17) is 9.47 Å². The molecule has 0 bridgehead atoms. The van der Waals surface area contributed by atoms with Crippen LogP contribution in [0.3, 0.4) is 0 Å². The van der Waals surface area contributed by atoms with Crippen LogP contribution in [0.15, 0.2) is 29.4 Å². The Labute approximate surface area is 175 Å². The highest BCUT2D eigenvalue weighted by atomic mass is 16.5. The van der Waals surface area contributed by atoms with Crippen molar-refractivity contribution < 1.29 is 19.4 Å². The number of hydrogen-bond donors (Lipinski definition) is 2. The van der Waals surface area contributed by atoms with E-state index in [1.807, 2.05) is 6.92 Å². The molecular formula is C21H27N5O4. The SMILES string of the molecule is COc1cccc(/C=N/NC(=O)COc2cc(C)nc(N3CCCCCC3)n2)c1O. The molecule has 0 unspecified atom stereocenters. The Bertz CT molecular complexity index is 895. The van der Waals surface area contributed by atoms with E-state index in [2.05, 4.69) is 25.4 Å². The molecule has 1 aliphatic rings. The number of para-hydroxylation sites is 1. The first kappa shape index (κ1) is 21.4. The summed E-state index contributed by atoms with van der Waals surface area (Å²) in [6, 6.07) is 6.69. The minimum atomic E-state index is -0.443. The number of rotatable bonds is 7. The molecule has 3 rings (SSSR count). The van der Waals surface area contributed by atoms with Crippen molar-refractivity contribution in [2.75, 3.05) is 31.7 Å². The zero-order valence-electron chi connectivity index (χ0n) is 17.3. The van der Waals surface area contributed by atoms with Gasteiger partial charge in [-0.1, -0.05) is 18.9 Å². The number of nitrogens with zero attached hydrogens (tertiary/aromatic N) is 4. The summed E-state index contributed by atoms with van der Waals surface area (Å²) >= 11 is 0. The molecule has 0 radical (unpaired) electrons. The number of phenolic OH excluding ortho intramolecular Hbond substituents is 1. The zero-order chi connectivity index (χ0) is 21.3. The number of amides is 1. The van der Waals surface area contributed by atoms with Crippen molar-refractivity contribution >= 4 is 18.1 Å². The monoisotopic (exact) mass is 413 g/mol. The highest BCUT2D eigenvalue weighted by Gasteiger charge is 2.15. The van der Waals surface area contributed by atoms with E-state index in [1.165, 1.54) is 26.2 Å². The minimum Gasteiger partial charge on any atom is -0.504 e. The van der Waals surface area contributed by atoms with E-state index < -0.39 is 5.91 Å². The number of aryl methyl sites for hydroxylation is 1. The van der Waals surface area contributed by atoms with Crippen LogP contribution in [0.25, 0.3) is 0 Å². The second-order valence-corrected chi connectivity index (χ2v) is 7.03. The van der Waals surface area contributed by atoms with Gasteiger partial charge in [-0.3, -0.25) is 4.79 Å². The molecule has 2 aromatic rings. The zero-order valence-corrected chi connectivity index (χ0v) is 17.3. The summed E-state index contributed by atoms with van der Waals surface area (Å²) in [6.45, 7) is 3.49. The number of carbonyl (C=O) groups excluding carboxylic acids is 1. The molecule has 1 amide bonds. The molecule has 1 saturated heterocycles. The maximum atomic E-state index is 12.0. The van der Waals surface area contributed by atoms with Crippen LogP contribution in [0.5, 0.6) is 17.4 Å². The number of hydrazone groups is 1.